The van der Waals surface area contributed by atoms with Crippen LogP contribution in [0.4, 0.5) is 4.39 Å². The van der Waals surface area contributed by atoms with Gasteiger partial charge in [-0.2, -0.15) is 0 Å². The molecule has 7 nitrogen and oxygen atoms in total. The zero-order valence-electron chi connectivity index (χ0n) is 21.4. The van der Waals surface area contributed by atoms with E-state index in [1.807, 2.05) is 20.8 Å². The van der Waals surface area contributed by atoms with Gasteiger partial charge in [0.15, 0.2) is 6.10 Å². The number of hydrogen-bond donors (Lipinski definition) is 2. The normalized spacial score (nSPS) is 37.5. The standard InChI is InChI=1S/C26H38FNO6S/c1-14-8-7-9-26(6)21(34-26)11-19(18(27)10-17-13-35-16(3)28-17)33-22(30)12-20(29)25(4,5)24(32)15(2)23(14)31/h10,13-15,19-21,23,29,31H,7-9,11-12H2,1-6H3. The zero-order valence-corrected chi connectivity index (χ0v) is 22.2. The van der Waals surface area contributed by atoms with Crippen LogP contribution in [-0.2, 0) is 19.1 Å². The molecule has 3 heterocycles. The van der Waals surface area contributed by atoms with E-state index in [2.05, 4.69) is 4.98 Å². The molecule has 9 heteroatoms. The number of thiazole rings is 1. The Morgan fingerprint density at radius 1 is 1.26 bits per heavy atom. The maximum absolute atomic E-state index is 15.3. The lowest BCUT2D eigenvalue weighted by atomic mass is 9.73. The van der Waals surface area contributed by atoms with Crippen molar-refractivity contribution in [1.29, 1.82) is 0 Å². The second kappa shape index (κ2) is 10.7. The summed E-state index contributed by atoms with van der Waals surface area (Å²) in [5.74, 6) is -2.62. The van der Waals surface area contributed by atoms with Gasteiger partial charge in [-0.05, 0) is 38.7 Å². The fraction of sp³-hybridized carbons (Fsp3) is 0.731. The quantitative estimate of drug-likeness (QED) is 0.448. The van der Waals surface area contributed by atoms with E-state index in [1.165, 1.54) is 17.4 Å². The third-order valence-electron chi connectivity index (χ3n) is 7.64. The van der Waals surface area contributed by atoms with Gasteiger partial charge in [-0.25, -0.2) is 9.37 Å². The van der Waals surface area contributed by atoms with E-state index in [4.69, 9.17) is 9.47 Å². The molecule has 1 aromatic heterocycles. The number of halogens is 1. The zero-order chi connectivity index (χ0) is 26.1. The van der Waals surface area contributed by atoms with Crippen LogP contribution in [-0.4, -0.2) is 57.0 Å². The van der Waals surface area contributed by atoms with E-state index in [-0.39, 0.29) is 24.2 Å². The molecule has 35 heavy (non-hydrogen) atoms. The van der Waals surface area contributed by atoms with Crippen LogP contribution in [0.25, 0.3) is 6.08 Å². The molecule has 0 spiro atoms. The second-order valence-corrected chi connectivity index (χ2v) is 12.0. The number of aliphatic hydroxyl groups is 2. The summed E-state index contributed by atoms with van der Waals surface area (Å²) >= 11 is 1.39. The van der Waals surface area contributed by atoms with Crippen LogP contribution in [0.3, 0.4) is 0 Å². The van der Waals surface area contributed by atoms with Crippen molar-refractivity contribution in [2.45, 2.75) is 104 Å². The first-order valence-corrected chi connectivity index (χ1v) is 13.2. The third kappa shape index (κ3) is 6.56. The highest BCUT2D eigenvalue weighted by Gasteiger charge is 2.53. The largest absolute Gasteiger partial charge is 0.455 e. The first kappa shape index (κ1) is 27.9. The summed E-state index contributed by atoms with van der Waals surface area (Å²) in [5, 5.41) is 24.1. The number of carbonyl (C=O) groups is 2. The predicted molar refractivity (Wildman–Crippen MR) is 131 cm³/mol. The number of aromatic nitrogens is 1. The Morgan fingerprint density at radius 2 is 1.94 bits per heavy atom. The van der Waals surface area contributed by atoms with Crippen molar-refractivity contribution < 1.29 is 33.7 Å². The van der Waals surface area contributed by atoms with Gasteiger partial charge in [0.2, 0.25) is 0 Å². The average Bonchev–Trinajstić information content (AvgIpc) is 3.22. The number of fused-ring (bicyclic) bond motifs is 1. The second-order valence-electron chi connectivity index (χ2n) is 10.9. The molecule has 2 fully saturated rings. The summed E-state index contributed by atoms with van der Waals surface area (Å²) in [7, 11) is 0. The van der Waals surface area contributed by atoms with Crippen molar-refractivity contribution >= 4 is 29.2 Å². The van der Waals surface area contributed by atoms with Gasteiger partial charge in [0.1, 0.15) is 11.6 Å². The molecular formula is C26H38FNO6S. The van der Waals surface area contributed by atoms with Gasteiger partial charge in [0, 0.05) is 17.7 Å². The molecule has 1 aromatic rings. The number of aliphatic hydroxyl groups excluding tert-OH is 2. The maximum Gasteiger partial charge on any atom is 0.309 e. The van der Waals surface area contributed by atoms with E-state index in [0.29, 0.717) is 18.5 Å². The maximum atomic E-state index is 15.3. The summed E-state index contributed by atoms with van der Waals surface area (Å²) in [6.07, 6.45) is -0.593. The average molecular weight is 512 g/mol. The number of carbonyl (C=O) groups excluding carboxylic acids is 2. The van der Waals surface area contributed by atoms with Crippen molar-refractivity contribution in [3.8, 4) is 0 Å². The SMILES string of the molecule is Cc1nc(C=C(F)C2CC3OC3(C)CCCC(C)C(O)C(C)C(=O)C(C)(C)C(O)CC(=O)O2)cs1. The molecule has 0 bridgehead atoms. The van der Waals surface area contributed by atoms with Crippen molar-refractivity contribution in [3.63, 3.8) is 0 Å². The highest BCUT2D eigenvalue weighted by atomic mass is 32.1. The summed E-state index contributed by atoms with van der Waals surface area (Å²) in [6, 6.07) is 0. The van der Waals surface area contributed by atoms with Crippen molar-refractivity contribution in [2.24, 2.45) is 17.3 Å². The van der Waals surface area contributed by atoms with Gasteiger partial charge >= 0.3 is 5.97 Å². The van der Waals surface area contributed by atoms with E-state index in [9.17, 15) is 19.8 Å². The molecule has 196 valence electrons. The number of aryl methyl sites for hydroxylation is 1. The molecular weight excluding hydrogens is 473 g/mol. The number of rotatable bonds is 2. The highest BCUT2D eigenvalue weighted by molar-refractivity contribution is 7.09. The van der Waals surface area contributed by atoms with Crippen LogP contribution in [0.2, 0.25) is 0 Å². The predicted octanol–water partition coefficient (Wildman–Crippen LogP) is 4.38. The van der Waals surface area contributed by atoms with Crippen molar-refractivity contribution in [3.05, 3.63) is 21.9 Å². The minimum absolute atomic E-state index is 0.129. The fourth-order valence-corrected chi connectivity index (χ4v) is 5.44. The van der Waals surface area contributed by atoms with Crippen LogP contribution < -0.4 is 0 Å². The molecule has 0 saturated carbocycles. The smallest absolute Gasteiger partial charge is 0.309 e. The number of esters is 1. The summed E-state index contributed by atoms with van der Waals surface area (Å²) in [4.78, 5) is 30.2. The van der Waals surface area contributed by atoms with E-state index in [1.54, 1.807) is 26.2 Å². The Morgan fingerprint density at radius 3 is 2.57 bits per heavy atom. The number of hydrogen-bond acceptors (Lipinski definition) is 8. The number of cyclic esters (lactones) is 1. The lowest BCUT2D eigenvalue weighted by molar-refractivity contribution is -0.155. The molecule has 0 aromatic carbocycles. The number of Topliss-reactive ketones (excluding diaryl/α,β-unsaturated/α-hetero) is 1. The monoisotopic (exact) mass is 511 g/mol. The lowest BCUT2D eigenvalue weighted by Gasteiger charge is -2.34. The minimum Gasteiger partial charge on any atom is -0.455 e. The molecule has 2 saturated heterocycles. The van der Waals surface area contributed by atoms with Crippen LogP contribution in [0.15, 0.2) is 11.2 Å². The van der Waals surface area contributed by atoms with Gasteiger partial charge in [-0.3, -0.25) is 9.59 Å². The van der Waals surface area contributed by atoms with E-state index < -0.39 is 53.5 Å². The van der Waals surface area contributed by atoms with E-state index >= 15 is 4.39 Å². The Labute approximate surface area is 210 Å². The summed E-state index contributed by atoms with van der Waals surface area (Å²) < 4.78 is 26.7. The minimum atomic E-state index is -1.35. The molecule has 0 radical (unpaired) electrons. The molecule has 0 amide bonds. The van der Waals surface area contributed by atoms with Crippen molar-refractivity contribution in [1.82, 2.24) is 4.98 Å². The summed E-state index contributed by atoms with van der Waals surface area (Å²) in [5.41, 5.74) is -1.32. The number of epoxide rings is 1. The molecule has 2 aliphatic rings. The van der Waals surface area contributed by atoms with Gasteiger partial charge < -0.3 is 19.7 Å². The molecule has 2 N–H and O–H groups in total. The number of nitrogens with zero attached hydrogens (tertiary/aromatic N) is 1. The molecule has 7 atom stereocenters. The lowest BCUT2D eigenvalue weighted by Crippen LogP contribution is -2.45. The summed E-state index contributed by atoms with van der Waals surface area (Å²) in [6.45, 7) is 10.4. The molecule has 7 unspecified atom stereocenters. The molecule has 2 aliphatic heterocycles. The Balaban J connectivity index is 1.85. The van der Waals surface area contributed by atoms with Gasteiger partial charge in [-0.15, -0.1) is 11.3 Å². The molecule has 3 rings (SSSR count). The van der Waals surface area contributed by atoms with Crippen LogP contribution >= 0.6 is 11.3 Å². The van der Waals surface area contributed by atoms with Gasteiger partial charge in [-0.1, -0.05) is 34.1 Å². The number of ketones is 1. The topological polar surface area (TPSA) is 109 Å². The fourth-order valence-electron chi connectivity index (χ4n) is 4.86. The first-order chi connectivity index (χ1) is 16.2. The Hall–Kier alpha value is -1.68. The van der Waals surface area contributed by atoms with Crippen LogP contribution in [0, 0.1) is 24.2 Å². The van der Waals surface area contributed by atoms with Crippen LogP contribution in [0.1, 0.15) is 77.4 Å². The number of ether oxygens (including phenoxy) is 2. The third-order valence-corrected chi connectivity index (χ3v) is 8.43. The highest BCUT2D eigenvalue weighted by Crippen LogP contribution is 2.45. The first-order valence-electron chi connectivity index (χ1n) is 12.3. The van der Waals surface area contributed by atoms with E-state index in [0.717, 1.165) is 11.4 Å². The van der Waals surface area contributed by atoms with Gasteiger partial charge in [0.05, 0.1) is 46.5 Å². The Bertz CT molecular complexity index is 961. The van der Waals surface area contributed by atoms with Crippen LogP contribution in [0.5, 0.6) is 0 Å². The Kier molecular flexibility index (Phi) is 8.57. The molecule has 0 aliphatic carbocycles. The van der Waals surface area contributed by atoms with Crippen molar-refractivity contribution in [2.75, 3.05) is 0 Å². The van der Waals surface area contributed by atoms with Gasteiger partial charge in [0.25, 0.3) is 0 Å².